The van der Waals surface area contributed by atoms with Crippen LogP contribution in [0, 0.1) is 6.92 Å². The van der Waals surface area contributed by atoms with E-state index in [1.165, 1.54) is 5.69 Å². The Kier molecular flexibility index (Phi) is 5.48. The van der Waals surface area contributed by atoms with Gasteiger partial charge in [-0.25, -0.2) is 4.98 Å². The van der Waals surface area contributed by atoms with Gasteiger partial charge in [0.25, 0.3) is 0 Å². The third kappa shape index (κ3) is 4.33. The quantitative estimate of drug-likeness (QED) is 0.667. The van der Waals surface area contributed by atoms with E-state index in [0.29, 0.717) is 6.04 Å². The van der Waals surface area contributed by atoms with Gasteiger partial charge in [-0.3, -0.25) is 10.3 Å². The fourth-order valence-electron chi connectivity index (χ4n) is 2.84. The number of anilines is 2. The van der Waals surface area contributed by atoms with Crippen molar-refractivity contribution >= 4 is 28.4 Å². The Morgan fingerprint density at radius 1 is 1.17 bits per heavy atom. The molecule has 2 heterocycles. The van der Waals surface area contributed by atoms with E-state index >= 15 is 0 Å². The second-order valence-corrected chi connectivity index (χ2v) is 7.23. The third-order valence-corrected chi connectivity index (χ3v) is 5.16. The number of aryl methyl sites for hydroxylation is 1. The predicted octanol–water partition coefficient (Wildman–Crippen LogP) is 3.43. The molecule has 2 aromatic rings. The minimum atomic E-state index is 0.639. The molecule has 1 fully saturated rings. The monoisotopic (exact) mass is 343 g/mol. The fraction of sp³-hybridized carbons (Fsp3) is 0.444. The molecule has 1 aliphatic rings. The smallest absolute Gasteiger partial charge is 0.203 e. The van der Waals surface area contributed by atoms with Gasteiger partial charge in [0.1, 0.15) is 0 Å². The maximum Gasteiger partial charge on any atom is 0.203 e. The van der Waals surface area contributed by atoms with Crippen molar-refractivity contribution in [2.45, 2.75) is 26.8 Å². The molecule has 128 valence electrons. The zero-order valence-corrected chi connectivity index (χ0v) is 15.4. The van der Waals surface area contributed by atoms with E-state index in [0.717, 1.165) is 42.6 Å². The first-order valence-corrected chi connectivity index (χ1v) is 9.30. The molecule has 1 N–H and O–H groups in total. The van der Waals surface area contributed by atoms with Crippen molar-refractivity contribution in [2.24, 2.45) is 5.10 Å². The molecule has 0 aliphatic carbocycles. The lowest BCUT2D eigenvalue weighted by Gasteiger charge is -2.38. The third-order valence-electron chi connectivity index (χ3n) is 4.30. The second kappa shape index (κ2) is 7.77. The molecule has 1 saturated heterocycles. The SMILES string of the molecule is Cc1csc(NN=Cc2ccc(N3CCN(C(C)C)CC3)cc2)n1. The Bertz CT molecular complexity index is 669. The zero-order chi connectivity index (χ0) is 16.9. The van der Waals surface area contributed by atoms with Crippen LogP contribution in [0.2, 0.25) is 0 Å². The average Bonchev–Trinajstić information content (AvgIpc) is 3.01. The van der Waals surface area contributed by atoms with Crippen LogP contribution in [0.25, 0.3) is 0 Å². The van der Waals surface area contributed by atoms with E-state index < -0.39 is 0 Å². The minimum absolute atomic E-state index is 0.639. The van der Waals surface area contributed by atoms with Crippen molar-refractivity contribution in [3.63, 3.8) is 0 Å². The summed E-state index contributed by atoms with van der Waals surface area (Å²) in [6, 6.07) is 9.23. The topological polar surface area (TPSA) is 43.8 Å². The Hall–Kier alpha value is -1.92. The molecule has 24 heavy (non-hydrogen) atoms. The van der Waals surface area contributed by atoms with Crippen molar-refractivity contribution in [1.29, 1.82) is 0 Å². The van der Waals surface area contributed by atoms with E-state index in [1.54, 1.807) is 11.3 Å². The van der Waals surface area contributed by atoms with Crippen LogP contribution in [-0.2, 0) is 0 Å². The Balaban J connectivity index is 1.54. The molecule has 5 nitrogen and oxygen atoms in total. The first kappa shape index (κ1) is 16.9. The number of hydrogen-bond acceptors (Lipinski definition) is 6. The van der Waals surface area contributed by atoms with E-state index in [2.05, 4.69) is 63.4 Å². The van der Waals surface area contributed by atoms with Gasteiger partial charge in [0.05, 0.1) is 11.9 Å². The summed E-state index contributed by atoms with van der Waals surface area (Å²) in [6.45, 7) is 11.0. The minimum Gasteiger partial charge on any atom is -0.369 e. The van der Waals surface area contributed by atoms with Crippen molar-refractivity contribution < 1.29 is 0 Å². The number of hydrazone groups is 1. The van der Waals surface area contributed by atoms with E-state index in [9.17, 15) is 0 Å². The summed E-state index contributed by atoms with van der Waals surface area (Å²) in [7, 11) is 0. The number of benzene rings is 1. The van der Waals surface area contributed by atoms with Gasteiger partial charge in [0.2, 0.25) is 5.13 Å². The van der Waals surface area contributed by atoms with Crippen LogP contribution in [0.15, 0.2) is 34.7 Å². The van der Waals surface area contributed by atoms with Gasteiger partial charge in [-0.1, -0.05) is 12.1 Å². The standard InChI is InChI=1S/C18H25N5S/c1-14(2)22-8-10-23(11-9-22)17-6-4-16(5-7-17)12-19-21-18-20-15(3)13-24-18/h4-7,12-14H,8-11H2,1-3H3,(H,20,21). The molecular formula is C18H25N5S. The lowest BCUT2D eigenvalue weighted by atomic mass is 10.2. The number of aromatic nitrogens is 1. The number of thiazole rings is 1. The highest BCUT2D eigenvalue weighted by Crippen LogP contribution is 2.18. The molecule has 0 saturated carbocycles. The molecule has 0 amide bonds. The van der Waals surface area contributed by atoms with Gasteiger partial charge in [-0.05, 0) is 38.5 Å². The summed E-state index contributed by atoms with van der Waals surface area (Å²) in [5, 5.41) is 7.08. The molecule has 0 spiro atoms. The molecule has 0 bridgehead atoms. The number of piperazine rings is 1. The summed E-state index contributed by atoms with van der Waals surface area (Å²) < 4.78 is 0. The summed E-state index contributed by atoms with van der Waals surface area (Å²) in [4.78, 5) is 9.30. The van der Waals surface area contributed by atoms with Gasteiger partial charge in [-0.15, -0.1) is 11.3 Å². The lowest BCUT2D eigenvalue weighted by molar-refractivity contribution is 0.209. The number of nitrogens with one attached hydrogen (secondary N) is 1. The molecule has 1 aliphatic heterocycles. The molecule has 0 unspecified atom stereocenters. The molecule has 1 aromatic carbocycles. The number of nitrogens with zero attached hydrogens (tertiary/aromatic N) is 4. The van der Waals surface area contributed by atoms with Crippen LogP contribution in [-0.4, -0.2) is 48.3 Å². The van der Waals surface area contributed by atoms with Gasteiger partial charge in [0.15, 0.2) is 0 Å². The zero-order valence-electron chi connectivity index (χ0n) is 14.6. The summed E-state index contributed by atoms with van der Waals surface area (Å²) in [6.07, 6.45) is 1.83. The first-order chi connectivity index (χ1) is 11.6. The maximum absolute atomic E-state index is 4.32. The highest BCUT2D eigenvalue weighted by Gasteiger charge is 2.18. The highest BCUT2D eigenvalue weighted by molar-refractivity contribution is 7.13. The highest BCUT2D eigenvalue weighted by atomic mass is 32.1. The predicted molar refractivity (Wildman–Crippen MR) is 103 cm³/mol. The Morgan fingerprint density at radius 2 is 1.88 bits per heavy atom. The molecule has 0 atom stereocenters. The number of rotatable bonds is 5. The molecule has 6 heteroatoms. The van der Waals surface area contributed by atoms with Crippen LogP contribution in [0.5, 0.6) is 0 Å². The summed E-state index contributed by atoms with van der Waals surface area (Å²) >= 11 is 1.56. The van der Waals surface area contributed by atoms with Gasteiger partial charge in [0, 0.05) is 43.3 Å². The average molecular weight is 344 g/mol. The first-order valence-electron chi connectivity index (χ1n) is 8.42. The van der Waals surface area contributed by atoms with Crippen LogP contribution in [0.1, 0.15) is 25.1 Å². The Morgan fingerprint density at radius 3 is 2.46 bits per heavy atom. The van der Waals surface area contributed by atoms with E-state index in [1.807, 2.05) is 18.5 Å². The van der Waals surface area contributed by atoms with E-state index in [4.69, 9.17) is 0 Å². The molecule has 1 aromatic heterocycles. The molecular weight excluding hydrogens is 318 g/mol. The van der Waals surface area contributed by atoms with Crippen LogP contribution >= 0.6 is 11.3 Å². The summed E-state index contributed by atoms with van der Waals surface area (Å²) in [5.74, 6) is 0. The molecule has 0 radical (unpaired) electrons. The second-order valence-electron chi connectivity index (χ2n) is 6.37. The van der Waals surface area contributed by atoms with Crippen molar-refractivity contribution in [1.82, 2.24) is 9.88 Å². The van der Waals surface area contributed by atoms with Gasteiger partial charge in [-0.2, -0.15) is 5.10 Å². The van der Waals surface area contributed by atoms with Crippen LogP contribution in [0.3, 0.4) is 0 Å². The van der Waals surface area contributed by atoms with Crippen molar-refractivity contribution in [3.8, 4) is 0 Å². The Labute approximate surface area is 148 Å². The summed E-state index contributed by atoms with van der Waals surface area (Å²) in [5.41, 5.74) is 6.36. The fourth-order valence-corrected chi connectivity index (χ4v) is 3.47. The van der Waals surface area contributed by atoms with E-state index in [-0.39, 0.29) is 0 Å². The largest absolute Gasteiger partial charge is 0.369 e. The van der Waals surface area contributed by atoms with Gasteiger partial charge >= 0.3 is 0 Å². The molecule has 3 rings (SSSR count). The van der Waals surface area contributed by atoms with Crippen LogP contribution < -0.4 is 10.3 Å². The normalized spacial score (nSPS) is 16.2. The van der Waals surface area contributed by atoms with Crippen molar-refractivity contribution in [2.75, 3.05) is 36.5 Å². The maximum atomic E-state index is 4.32. The lowest BCUT2D eigenvalue weighted by Crippen LogP contribution is -2.48. The van der Waals surface area contributed by atoms with Crippen molar-refractivity contribution in [3.05, 3.63) is 40.9 Å². The van der Waals surface area contributed by atoms with Crippen LogP contribution in [0.4, 0.5) is 10.8 Å². The van der Waals surface area contributed by atoms with Gasteiger partial charge < -0.3 is 4.90 Å². The number of hydrogen-bond donors (Lipinski definition) is 1.